The standard InChI is InChI=1S/C22H26F3NO3/c1-3-16(21(27)28-4-2)14-9-11-15(12-10-14)29-19-13-20(22(23,24)25)26-18-8-6-5-7-17(18)19/h5-8,13-16H,3-4,9-12H2,1-2H3/t14-,15+,16?. The van der Waals surface area contributed by atoms with E-state index in [9.17, 15) is 18.0 Å². The summed E-state index contributed by atoms with van der Waals surface area (Å²) in [4.78, 5) is 15.9. The van der Waals surface area contributed by atoms with Crippen LogP contribution in [-0.4, -0.2) is 23.7 Å². The number of nitrogens with zero attached hydrogens (tertiary/aromatic N) is 1. The molecule has 0 spiro atoms. The van der Waals surface area contributed by atoms with Crippen molar-refractivity contribution in [2.24, 2.45) is 11.8 Å². The Morgan fingerprint density at radius 3 is 2.48 bits per heavy atom. The number of halogens is 3. The molecule has 0 radical (unpaired) electrons. The number of benzene rings is 1. The Balaban J connectivity index is 1.73. The van der Waals surface area contributed by atoms with Gasteiger partial charge in [0.05, 0.1) is 24.1 Å². The van der Waals surface area contributed by atoms with Crippen LogP contribution in [0.5, 0.6) is 5.75 Å². The summed E-state index contributed by atoms with van der Waals surface area (Å²) >= 11 is 0. The zero-order chi connectivity index (χ0) is 21.0. The molecule has 29 heavy (non-hydrogen) atoms. The van der Waals surface area contributed by atoms with Crippen LogP contribution >= 0.6 is 0 Å². The summed E-state index contributed by atoms with van der Waals surface area (Å²) in [6.07, 6.45) is -1.03. The second-order valence-corrected chi connectivity index (χ2v) is 7.44. The number of pyridine rings is 1. The molecule has 7 heteroatoms. The van der Waals surface area contributed by atoms with Gasteiger partial charge in [0.25, 0.3) is 0 Å². The average Bonchev–Trinajstić information content (AvgIpc) is 2.69. The highest BCUT2D eigenvalue weighted by Crippen LogP contribution is 2.38. The first kappa shape index (κ1) is 21.4. The van der Waals surface area contributed by atoms with Crippen molar-refractivity contribution in [3.05, 3.63) is 36.0 Å². The smallest absolute Gasteiger partial charge is 0.433 e. The summed E-state index contributed by atoms with van der Waals surface area (Å²) in [5.41, 5.74) is -0.687. The lowest BCUT2D eigenvalue weighted by Gasteiger charge is -2.32. The molecule has 4 nitrogen and oxygen atoms in total. The van der Waals surface area contributed by atoms with Crippen LogP contribution in [0, 0.1) is 11.8 Å². The molecule has 1 fully saturated rings. The van der Waals surface area contributed by atoms with Crippen LogP contribution in [0.15, 0.2) is 30.3 Å². The number of alkyl halides is 3. The third-order valence-corrected chi connectivity index (χ3v) is 5.58. The fourth-order valence-electron chi connectivity index (χ4n) is 4.12. The molecule has 1 saturated carbocycles. The number of carbonyl (C=O) groups excluding carboxylic acids is 1. The molecule has 158 valence electrons. The molecule has 0 saturated heterocycles. The molecule has 1 aromatic carbocycles. The first-order chi connectivity index (χ1) is 13.8. The molecule has 0 bridgehead atoms. The summed E-state index contributed by atoms with van der Waals surface area (Å²) in [5.74, 6) is 0.145. The predicted octanol–water partition coefficient (Wildman–Crippen LogP) is 5.78. The fraction of sp³-hybridized carbons (Fsp3) is 0.545. The summed E-state index contributed by atoms with van der Waals surface area (Å²) in [5, 5.41) is 0.570. The molecule has 1 aliphatic carbocycles. The zero-order valence-electron chi connectivity index (χ0n) is 16.7. The highest BCUT2D eigenvalue weighted by Gasteiger charge is 2.35. The molecular formula is C22H26F3NO3. The van der Waals surface area contributed by atoms with Crippen LogP contribution in [0.25, 0.3) is 10.9 Å². The Bertz CT molecular complexity index is 845. The molecular weight excluding hydrogens is 383 g/mol. The minimum atomic E-state index is -4.53. The number of esters is 1. The largest absolute Gasteiger partial charge is 0.490 e. The maximum atomic E-state index is 13.2. The lowest BCUT2D eigenvalue weighted by Crippen LogP contribution is -2.32. The Labute approximate surface area is 168 Å². The third kappa shape index (κ3) is 5.00. The fourth-order valence-corrected chi connectivity index (χ4v) is 4.12. The Hall–Kier alpha value is -2.31. The number of hydrogen-bond acceptors (Lipinski definition) is 4. The van der Waals surface area contributed by atoms with Gasteiger partial charge in [0.2, 0.25) is 0 Å². The Kier molecular flexibility index (Phi) is 6.65. The van der Waals surface area contributed by atoms with Crippen molar-refractivity contribution in [2.45, 2.75) is 58.2 Å². The van der Waals surface area contributed by atoms with E-state index in [0.717, 1.165) is 25.3 Å². The first-order valence-electron chi connectivity index (χ1n) is 10.1. The SMILES string of the molecule is CCOC(=O)C(CC)[C@H]1CC[C@@H](Oc2cc(C(F)(F)F)nc3ccccc23)CC1. The molecule has 0 aliphatic heterocycles. The van der Waals surface area contributed by atoms with Crippen LogP contribution < -0.4 is 4.74 Å². The van der Waals surface area contributed by atoms with Crippen LogP contribution in [0.2, 0.25) is 0 Å². The van der Waals surface area contributed by atoms with E-state index in [1.807, 2.05) is 6.92 Å². The van der Waals surface area contributed by atoms with Gasteiger partial charge in [0, 0.05) is 11.5 Å². The van der Waals surface area contributed by atoms with E-state index in [4.69, 9.17) is 9.47 Å². The van der Waals surface area contributed by atoms with E-state index in [2.05, 4.69) is 4.98 Å². The van der Waals surface area contributed by atoms with Crippen molar-refractivity contribution >= 4 is 16.9 Å². The van der Waals surface area contributed by atoms with Crippen LogP contribution in [0.4, 0.5) is 13.2 Å². The molecule has 1 unspecified atom stereocenters. The number of para-hydroxylation sites is 1. The average molecular weight is 409 g/mol. The third-order valence-electron chi connectivity index (χ3n) is 5.58. The maximum Gasteiger partial charge on any atom is 0.433 e. The van der Waals surface area contributed by atoms with Crippen molar-refractivity contribution in [2.75, 3.05) is 6.61 Å². The predicted molar refractivity (Wildman–Crippen MR) is 104 cm³/mol. The number of fused-ring (bicyclic) bond motifs is 1. The van der Waals surface area contributed by atoms with E-state index in [-0.39, 0.29) is 35.2 Å². The molecule has 3 rings (SSSR count). The highest BCUT2D eigenvalue weighted by molar-refractivity contribution is 5.85. The van der Waals surface area contributed by atoms with Gasteiger partial charge in [-0.2, -0.15) is 13.2 Å². The van der Waals surface area contributed by atoms with Crippen LogP contribution in [0.1, 0.15) is 51.6 Å². The lowest BCUT2D eigenvalue weighted by molar-refractivity contribution is -0.151. The summed E-state index contributed by atoms with van der Waals surface area (Å²) < 4.78 is 50.9. The quantitative estimate of drug-likeness (QED) is 0.568. The van der Waals surface area contributed by atoms with Gasteiger partial charge in [0.1, 0.15) is 11.4 Å². The van der Waals surface area contributed by atoms with Gasteiger partial charge in [-0.1, -0.05) is 19.1 Å². The number of rotatable bonds is 6. The second kappa shape index (κ2) is 9.01. The topological polar surface area (TPSA) is 48.4 Å². The Morgan fingerprint density at radius 2 is 1.86 bits per heavy atom. The summed E-state index contributed by atoms with van der Waals surface area (Å²) in [6, 6.07) is 7.68. The molecule has 1 aromatic heterocycles. The van der Waals surface area contributed by atoms with Crippen molar-refractivity contribution in [1.29, 1.82) is 0 Å². The molecule has 2 aromatic rings. The first-order valence-corrected chi connectivity index (χ1v) is 10.1. The molecule has 1 heterocycles. The van der Waals surface area contributed by atoms with E-state index in [1.165, 1.54) is 0 Å². The van der Waals surface area contributed by atoms with Crippen LogP contribution in [0.3, 0.4) is 0 Å². The highest BCUT2D eigenvalue weighted by atomic mass is 19.4. The van der Waals surface area contributed by atoms with E-state index in [1.54, 1.807) is 31.2 Å². The minimum absolute atomic E-state index is 0.130. The minimum Gasteiger partial charge on any atom is -0.490 e. The van der Waals surface area contributed by atoms with Crippen molar-refractivity contribution < 1.29 is 27.4 Å². The number of hydrogen-bond donors (Lipinski definition) is 0. The van der Waals surface area contributed by atoms with Gasteiger partial charge in [-0.05, 0) is 57.1 Å². The Morgan fingerprint density at radius 1 is 1.17 bits per heavy atom. The molecule has 1 atom stereocenters. The molecule has 0 amide bonds. The number of carbonyl (C=O) groups is 1. The van der Waals surface area contributed by atoms with Crippen molar-refractivity contribution in [1.82, 2.24) is 4.98 Å². The molecule has 0 N–H and O–H groups in total. The maximum absolute atomic E-state index is 13.2. The monoisotopic (exact) mass is 409 g/mol. The summed E-state index contributed by atoms with van der Waals surface area (Å²) in [6.45, 7) is 4.14. The van der Waals surface area contributed by atoms with Gasteiger partial charge in [-0.25, -0.2) is 4.98 Å². The van der Waals surface area contributed by atoms with Gasteiger partial charge in [0.15, 0.2) is 0 Å². The van der Waals surface area contributed by atoms with Gasteiger partial charge >= 0.3 is 12.1 Å². The van der Waals surface area contributed by atoms with Crippen LogP contribution in [-0.2, 0) is 15.7 Å². The van der Waals surface area contributed by atoms with Gasteiger partial charge in [-0.15, -0.1) is 0 Å². The van der Waals surface area contributed by atoms with Crippen molar-refractivity contribution in [3.8, 4) is 5.75 Å². The van der Waals surface area contributed by atoms with E-state index < -0.39 is 11.9 Å². The zero-order valence-corrected chi connectivity index (χ0v) is 16.7. The normalized spacial score (nSPS) is 21.0. The molecule has 1 aliphatic rings. The second-order valence-electron chi connectivity index (χ2n) is 7.44. The number of ether oxygens (including phenoxy) is 2. The van der Waals surface area contributed by atoms with Gasteiger partial charge in [-0.3, -0.25) is 4.79 Å². The lowest BCUT2D eigenvalue weighted by atomic mass is 9.78. The number of aromatic nitrogens is 1. The van der Waals surface area contributed by atoms with Crippen molar-refractivity contribution in [3.63, 3.8) is 0 Å². The van der Waals surface area contributed by atoms with Gasteiger partial charge < -0.3 is 9.47 Å². The van der Waals surface area contributed by atoms with E-state index in [0.29, 0.717) is 24.8 Å². The van der Waals surface area contributed by atoms with E-state index >= 15 is 0 Å². The summed E-state index contributed by atoms with van der Waals surface area (Å²) in [7, 11) is 0.